The first-order valence-corrected chi connectivity index (χ1v) is 6.92. The summed E-state index contributed by atoms with van der Waals surface area (Å²) in [7, 11) is 0. The monoisotopic (exact) mass is 358 g/mol. The minimum atomic E-state index is -0.344. The fourth-order valence-corrected chi connectivity index (χ4v) is 2.24. The molecule has 2 rings (SSSR count). The summed E-state index contributed by atoms with van der Waals surface area (Å²) >= 11 is 15.3. The number of rotatable bonds is 2. The molecule has 19 heavy (non-hydrogen) atoms. The molecule has 0 aliphatic carbocycles. The second-order valence-corrected chi connectivity index (χ2v) is 5.51. The molecule has 2 aromatic rings. The van der Waals surface area contributed by atoms with Gasteiger partial charge in [-0.3, -0.25) is 4.79 Å². The van der Waals surface area contributed by atoms with Gasteiger partial charge in [0.15, 0.2) is 0 Å². The average Bonchev–Trinajstić information content (AvgIpc) is 2.36. The van der Waals surface area contributed by atoms with E-state index in [0.29, 0.717) is 26.0 Å². The molecule has 1 aromatic heterocycles. The van der Waals surface area contributed by atoms with E-state index in [4.69, 9.17) is 23.2 Å². The van der Waals surface area contributed by atoms with Gasteiger partial charge < -0.3 is 5.32 Å². The van der Waals surface area contributed by atoms with E-state index in [2.05, 4.69) is 26.2 Å². The Balaban J connectivity index is 2.27. The predicted octanol–water partition coefficient (Wildman–Crippen LogP) is 4.71. The lowest BCUT2D eigenvalue weighted by molar-refractivity contribution is 0.102. The van der Waals surface area contributed by atoms with Gasteiger partial charge in [-0.05, 0) is 52.7 Å². The number of amides is 1. The number of nitrogens with one attached hydrogen (secondary N) is 1. The Bertz CT molecular complexity index is 647. The zero-order chi connectivity index (χ0) is 14.0. The molecule has 3 nitrogen and oxygen atoms in total. The SMILES string of the molecule is Cc1cc(Cl)c(NC(=O)c2cccc(Br)n2)cc1Cl. The van der Waals surface area contributed by atoms with Gasteiger partial charge in [-0.1, -0.05) is 29.3 Å². The fraction of sp³-hybridized carbons (Fsp3) is 0.0769. The van der Waals surface area contributed by atoms with Gasteiger partial charge in [0.1, 0.15) is 10.3 Å². The summed E-state index contributed by atoms with van der Waals surface area (Å²) in [5.74, 6) is -0.344. The highest BCUT2D eigenvalue weighted by molar-refractivity contribution is 9.10. The summed E-state index contributed by atoms with van der Waals surface area (Å²) < 4.78 is 0.591. The molecule has 6 heteroatoms. The first kappa shape index (κ1) is 14.3. The second-order valence-electron chi connectivity index (χ2n) is 3.88. The van der Waals surface area contributed by atoms with E-state index in [1.165, 1.54) is 0 Å². The number of hydrogen-bond acceptors (Lipinski definition) is 2. The van der Waals surface area contributed by atoms with Crippen LogP contribution in [0.3, 0.4) is 0 Å². The Morgan fingerprint density at radius 3 is 2.68 bits per heavy atom. The Morgan fingerprint density at radius 1 is 1.26 bits per heavy atom. The standard InChI is InChI=1S/C13H9BrCl2N2O/c1-7-5-9(16)11(6-8(7)15)18-13(19)10-3-2-4-12(14)17-10/h2-6H,1H3,(H,18,19). The maximum Gasteiger partial charge on any atom is 0.274 e. The van der Waals surface area contributed by atoms with Crippen molar-refractivity contribution in [1.29, 1.82) is 0 Å². The smallest absolute Gasteiger partial charge is 0.274 e. The third-order valence-electron chi connectivity index (χ3n) is 2.44. The van der Waals surface area contributed by atoms with E-state index in [0.717, 1.165) is 5.56 Å². The molecule has 0 aliphatic heterocycles. The molecular formula is C13H9BrCl2N2O. The summed E-state index contributed by atoms with van der Waals surface area (Å²) in [6.07, 6.45) is 0. The third-order valence-corrected chi connectivity index (χ3v) is 3.61. The summed E-state index contributed by atoms with van der Waals surface area (Å²) in [6, 6.07) is 8.41. The van der Waals surface area contributed by atoms with Crippen LogP contribution >= 0.6 is 39.1 Å². The lowest BCUT2D eigenvalue weighted by atomic mass is 10.2. The van der Waals surface area contributed by atoms with Crippen molar-refractivity contribution in [2.24, 2.45) is 0 Å². The number of benzene rings is 1. The lowest BCUT2D eigenvalue weighted by Gasteiger charge is -2.09. The number of pyridine rings is 1. The van der Waals surface area contributed by atoms with Gasteiger partial charge in [0, 0.05) is 5.02 Å². The highest BCUT2D eigenvalue weighted by Crippen LogP contribution is 2.29. The maximum atomic E-state index is 12.0. The van der Waals surface area contributed by atoms with Crippen molar-refractivity contribution in [3.63, 3.8) is 0 Å². The van der Waals surface area contributed by atoms with Gasteiger partial charge in [0.05, 0.1) is 10.7 Å². The minimum absolute atomic E-state index is 0.294. The topological polar surface area (TPSA) is 42.0 Å². The highest BCUT2D eigenvalue weighted by Gasteiger charge is 2.11. The predicted molar refractivity (Wildman–Crippen MR) is 81.1 cm³/mol. The number of carbonyl (C=O) groups is 1. The molecule has 0 atom stereocenters. The summed E-state index contributed by atoms with van der Waals surface area (Å²) in [6.45, 7) is 1.84. The Labute approximate surface area is 129 Å². The van der Waals surface area contributed by atoms with Crippen LogP contribution in [-0.2, 0) is 0 Å². The molecule has 0 fully saturated rings. The number of halogens is 3. The minimum Gasteiger partial charge on any atom is -0.319 e. The van der Waals surface area contributed by atoms with E-state index < -0.39 is 0 Å². The summed E-state index contributed by atoms with van der Waals surface area (Å²) in [4.78, 5) is 16.1. The second kappa shape index (κ2) is 5.90. The van der Waals surface area contributed by atoms with Crippen LogP contribution in [0.5, 0.6) is 0 Å². The molecule has 0 aliphatic rings. The zero-order valence-electron chi connectivity index (χ0n) is 9.88. The molecule has 0 unspecified atom stereocenters. The van der Waals surface area contributed by atoms with Gasteiger partial charge in [0.2, 0.25) is 0 Å². The van der Waals surface area contributed by atoms with Crippen molar-refractivity contribution in [2.45, 2.75) is 6.92 Å². The molecule has 1 amide bonds. The van der Waals surface area contributed by atoms with Crippen LogP contribution in [0.15, 0.2) is 34.9 Å². The number of nitrogens with zero attached hydrogens (tertiary/aromatic N) is 1. The van der Waals surface area contributed by atoms with Crippen molar-refractivity contribution in [2.75, 3.05) is 5.32 Å². The first-order chi connectivity index (χ1) is 8.97. The number of aryl methyl sites for hydroxylation is 1. The zero-order valence-corrected chi connectivity index (χ0v) is 13.0. The molecule has 1 aromatic carbocycles. The summed E-state index contributed by atoms with van der Waals surface area (Å²) in [5, 5.41) is 3.66. The molecule has 0 bridgehead atoms. The molecule has 1 N–H and O–H groups in total. The Kier molecular flexibility index (Phi) is 4.45. The van der Waals surface area contributed by atoms with Crippen molar-refractivity contribution < 1.29 is 4.79 Å². The molecule has 0 saturated heterocycles. The number of aromatic nitrogens is 1. The fourth-order valence-electron chi connectivity index (χ4n) is 1.46. The Morgan fingerprint density at radius 2 is 2.00 bits per heavy atom. The number of carbonyl (C=O) groups excluding carboxylic acids is 1. The number of anilines is 1. The average molecular weight is 360 g/mol. The van der Waals surface area contributed by atoms with E-state index >= 15 is 0 Å². The van der Waals surface area contributed by atoms with Crippen LogP contribution in [0.4, 0.5) is 5.69 Å². The van der Waals surface area contributed by atoms with Gasteiger partial charge in [-0.2, -0.15) is 0 Å². The molecule has 0 spiro atoms. The van der Waals surface area contributed by atoms with Crippen molar-refractivity contribution in [3.05, 3.63) is 56.2 Å². The van der Waals surface area contributed by atoms with Crippen LogP contribution < -0.4 is 5.32 Å². The molecule has 98 valence electrons. The quantitative estimate of drug-likeness (QED) is 0.789. The van der Waals surface area contributed by atoms with Gasteiger partial charge in [-0.25, -0.2) is 4.98 Å². The van der Waals surface area contributed by atoms with Crippen molar-refractivity contribution >= 4 is 50.7 Å². The summed E-state index contributed by atoms with van der Waals surface area (Å²) in [5.41, 5.74) is 1.61. The van der Waals surface area contributed by atoms with Crippen LogP contribution in [0.25, 0.3) is 0 Å². The molecular weight excluding hydrogens is 351 g/mol. The van der Waals surface area contributed by atoms with Crippen LogP contribution in [-0.4, -0.2) is 10.9 Å². The highest BCUT2D eigenvalue weighted by atomic mass is 79.9. The largest absolute Gasteiger partial charge is 0.319 e. The maximum absolute atomic E-state index is 12.0. The van der Waals surface area contributed by atoms with Crippen LogP contribution in [0, 0.1) is 6.92 Å². The number of hydrogen-bond donors (Lipinski definition) is 1. The van der Waals surface area contributed by atoms with Gasteiger partial charge >= 0.3 is 0 Å². The van der Waals surface area contributed by atoms with Gasteiger partial charge in [0.25, 0.3) is 5.91 Å². The van der Waals surface area contributed by atoms with Crippen LogP contribution in [0.1, 0.15) is 16.1 Å². The normalized spacial score (nSPS) is 10.3. The first-order valence-electron chi connectivity index (χ1n) is 5.37. The molecule has 0 saturated carbocycles. The van der Waals surface area contributed by atoms with Crippen molar-refractivity contribution in [3.8, 4) is 0 Å². The molecule has 0 radical (unpaired) electrons. The van der Waals surface area contributed by atoms with Crippen molar-refractivity contribution in [1.82, 2.24) is 4.98 Å². The van der Waals surface area contributed by atoms with E-state index in [1.54, 1.807) is 30.3 Å². The van der Waals surface area contributed by atoms with Crippen LogP contribution in [0.2, 0.25) is 10.0 Å². The Hall–Kier alpha value is -1.10. The van der Waals surface area contributed by atoms with E-state index in [9.17, 15) is 4.79 Å². The van der Waals surface area contributed by atoms with Gasteiger partial charge in [-0.15, -0.1) is 0 Å². The molecule has 1 heterocycles. The third kappa shape index (κ3) is 3.47. The van der Waals surface area contributed by atoms with E-state index in [-0.39, 0.29) is 5.91 Å². The van der Waals surface area contributed by atoms with E-state index in [1.807, 2.05) is 6.92 Å². The lowest BCUT2D eigenvalue weighted by Crippen LogP contribution is -2.14.